The highest BCUT2D eigenvalue weighted by Crippen LogP contribution is 2.22. The molecular formula is C22H28N2O3. The molecule has 0 saturated carbocycles. The molecule has 1 unspecified atom stereocenters. The summed E-state index contributed by atoms with van der Waals surface area (Å²) in [6, 6.07) is 13.0. The number of nitrogens with one attached hydrogen (secondary N) is 2. The lowest BCUT2D eigenvalue weighted by Crippen LogP contribution is -2.30. The van der Waals surface area contributed by atoms with Gasteiger partial charge in [0, 0.05) is 16.8 Å². The molecule has 0 heterocycles. The second-order valence-corrected chi connectivity index (χ2v) is 7.80. The lowest BCUT2D eigenvalue weighted by Gasteiger charge is -2.19. The fourth-order valence-electron chi connectivity index (χ4n) is 2.32. The van der Waals surface area contributed by atoms with Crippen LogP contribution in [0.4, 0.5) is 11.4 Å². The van der Waals surface area contributed by atoms with Crippen molar-refractivity contribution in [3.8, 4) is 5.75 Å². The van der Waals surface area contributed by atoms with E-state index in [1.807, 2.05) is 52.8 Å². The molecule has 144 valence electrons. The van der Waals surface area contributed by atoms with E-state index in [4.69, 9.17) is 4.74 Å². The van der Waals surface area contributed by atoms with E-state index < -0.39 is 11.5 Å². The monoisotopic (exact) mass is 368 g/mol. The predicted molar refractivity (Wildman–Crippen MR) is 109 cm³/mol. The summed E-state index contributed by atoms with van der Waals surface area (Å²) < 4.78 is 5.82. The topological polar surface area (TPSA) is 67.4 Å². The second kappa shape index (κ2) is 8.25. The summed E-state index contributed by atoms with van der Waals surface area (Å²) in [7, 11) is 0. The summed E-state index contributed by atoms with van der Waals surface area (Å²) in [4.78, 5) is 24.6. The van der Waals surface area contributed by atoms with Crippen LogP contribution in [-0.2, 0) is 9.59 Å². The quantitative estimate of drug-likeness (QED) is 0.804. The highest BCUT2D eigenvalue weighted by Gasteiger charge is 2.21. The molecule has 2 N–H and O–H groups in total. The van der Waals surface area contributed by atoms with E-state index >= 15 is 0 Å². The molecular weight excluding hydrogens is 340 g/mol. The first-order valence-electron chi connectivity index (χ1n) is 9.02. The first-order valence-corrected chi connectivity index (χ1v) is 9.02. The highest BCUT2D eigenvalue weighted by molar-refractivity contribution is 5.97. The number of rotatable bonds is 5. The third kappa shape index (κ3) is 5.84. The standard InChI is InChI=1S/C22H28N2O3/c1-14-10-11-15(2)19(12-14)27-16(3)20(25)23-17-8-7-9-18(13-17)24-21(26)22(4,5)6/h7-13,16H,1-6H3,(H,23,25)(H,24,26). The maximum Gasteiger partial charge on any atom is 0.265 e. The van der Waals surface area contributed by atoms with E-state index in [2.05, 4.69) is 10.6 Å². The van der Waals surface area contributed by atoms with Gasteiger partial charge >= 0.3 is 0 Å². The maximum absolute atomic E-state index is 12.5. The Bertz CT molecular complexity index is 838. The van der Waals surface area contributed by atoms with Crippen molar-refractivity contribution in [1.29, 1.82) is 0 Å². The number of ether oxygens (including phenoxy) is 1. The van der Waals surface area contributed by atoms with Crippen LogP contribution in [0.2, 0.25) is 0 Å². The van der Waals surface area contributed by atoms with Crippen LogP contribution in [0.15, 0.2) is 42.5 Å². The van der Waals surface area contributed by atoms with Crippen LogP contribution in [0.1, 0.15) is 38.8 Å². The molecule has 0 spiro atoms. The maximum atomic E-state index is 12.5. The third-order valence-corrected chi connectivity index (χ3v) is 4.09. The number of anilines is 2. The number of amides is 2. The molecule has 0 radical (unpaired) electrons. The van der Waals surface area contributed by atoms with E-state index in [1.165, 1.54) is 0 Å². The highest BCUT2D eigenvalue weighted by atomic mass is 16.5. The van der Waals surface area contributed by atoms with Gasteiger partial charge in [0.05, 0.1) is 0 Å². The van der Waals surface area contributed by atoms with Crippen molar-refractivity contribution in [1.82, 2.24) is 0 Å². The van der Waals surface area contributed by atoms with Crippen molar-refractivity contribution in [3.63, 3.8) is 0 Å². The zero-order valence-corrected chi connectivity index (χ0v) is 16.8. The van der Waals surface area contributed by atoms with Crippen LogP contribution in [0.25, 0.3) is 0 Å². The van der Waals surface area contributed by atoms with E-state index in [0.717, 1.165) is 11.1 Å². The molecule has 0 fully saturated rings. The summed E-state index contributed by atoms with van der Waals surface area (Å²) in [6.45, 7) is 11.2. The Morgan fingerprint density at radius 2 is 1.59 bits per heavy atom. The van der Waals surface area contributed by atoms with Gasteiger partial charge in [-0.2, -0.15) is 0 Å². The Hall–Kier alpha value is -2.82. The Kier molecular flexibility index (Phi) is 6.26. The number of hydrogen-bond donors (Lipinski definition) is 2. The van der Waals surface area contributed by atoms with Crippen LogP contribution in [-0.4, -0.2) is 17.9 Å². The summed E-state index contributed by atoms with van der Waals surface area (Å²) in [5.74, 6) is 0.358. The number of carbonyl (C=O) groups is 2. The lowest BCUT2D eigenvalue weighted by atomic mass is 9.95. The molecule has 0 aromatic heterocycles. The minimum absolute atomic E-state index is 0.0856. The van der Waals surface area contributed by atoms with Crippen molar-refractivity contribution in [3.05, 3.63) is 53.6 Å². The van der Waals surface area contributed by atoms with E-state index in [-0.39, 0.29) is 11.8 Å². The molecule has 0 saturated heterocycles. The van der Waals surface area contributed by atoms with Crippen LogP contribution in [0, 0.1) is 19.3 Å². The first-order chi connectivity index (χ1) is 12.6. The number of carbonyl (C=O) groups excluding carboxylic acids is 2. The molecule has 0 aliphatic heterocycles. The summed E-state index contributed by atoms with van der Waals surface area (Å²) in [5.41, 5.74) is 2.80. The van der Waals surface area contributed by atoms with Crippen molar-refractivity contribution >= 4 is 23.2 Å². The van der Waals surface area contributed by atoms with Crippen molar-refractivity contribution in [2.75, 3.05) is 10.6 Å². The van der Waals surface area contributed by atoms with Gasteiger partial charge in [-0.3, -0.25) is 9.59 Å². The number of benzene rings is 2. The molecule has 0 aliphatic carbocycles. The molecule has 2 aromatic rings. The van der Waals surface area contributed by atoms with E-state index in [1.54, 1.807) is 31.2 Å². The average Bonchev–Trinajstić information content (AvgIpc) is 2.57. The predicted octanol–water partition coefficient (Wildman–Crippen LogP) is 4.69. The van der Waals surface area contributed by atoms with Crippen LogP contribution in [0.3, 0.4) is 0 Å². The summed E-state index contributed by atoms with van der Waals surface area (Å²) in [5, 5.41) is 5.69. The Morgan fingerprint density at radius 3 is 2.22 bits per heavy atom. The van der Waals surface area contributed by atoms with Gasteiger partial charge < -0.3 is 15.4 Å². The molecule has 5 heteroatoms. The number of aryl methyl sites for hydroxylation is 2. The minimum Gasteiger partial charge on any atom is -0.481 e. The second-order valence-electron chi connectivity index (χ2n) is 7.80. The van der Waals surface area contributed by atoms with Crippen LogP contribution in [0.5, 0.6) is 5.75 Å². The van der Waals surface area contributed by atoms with Gasteiger partial charge in [0.15, 0.2) is 6.10 Å². The zero-order chi connectivity index (χ0) is 20.2. The Labute approximate surface area is 161 Å². The van der Waals surface area contributed by atoms with Gasteiger partial charge in [-0.05, 0) is 56.2 Å². The van der Waals surface area contributed by atoms with Crippen molar-refractivity contribution in [2.45, 2.75) is 47.6 Å². The van der Waals surface area contributed by atoms with Gasteiger partial charge in [-0.15, -0.1) is 0 Å². The molecule has 1 atom stereocenters. The lowest BCUT2D eigenvalue weighted by molar-refractivity contribution is -0.123. The zero-order valence-electron chi connectivity index (χ0n) is 16.8. The van der Waals surface area contributed by atoms with Gasteiger partial charge in [0.1, 0.15) is 5.75 Å². The van der Waals surface area contributed by atoms with Gasteiger partial charge in [-0.25, -0.2) is 0 Å². The fourth-order valence-corrected chi connectivity index (χ4v) is 2.32. The summed E-state index contributed by atoms with van der Waals surface area (Å²) >= 11 is 0. The molecule has 0 aliphatic rings. The van der Waals surface area contributed by atoms with E-state index in [9.17, 15) is 9.59 Å². The normalized spacial score (nSPS) is 12.2. The molecule has 2 rings (SSSR count). The SMILES string of the molecule is Cc1ccc(C)c(OC(C)C(=O)Nc2cccc(NC(=O)C(C)(C)C)c2)c1. The van der Waals surface area contributed by atoms with Gasteiger partial charge in [0.2, 0.25) is 5.91 Å². The van der Waals surface area contributed by atoms with E-state index in [0.29, 0.717) is 17.1 Å². The summed E-state index contributed by atoms with van der Waals surface area (Å²) in [6.07, 6.45) is -0.654. The molecule has 27 heavy (non-hydrogen) atoms. The van der Waals surface area contributed by atoms with Crippen molar-refractivity contribution in [2.24, 2.45) is 5.41 Å². The smallest absolute Gasteiger partial charge is 0.265 e. The van der Waals surface area contributed by atoms with Gasteiger partial charge in [0.25, 0.3) is 5.91 Å². The molecule has 0 bridgehead atoms. The Balaban J connectivity index is 2.03. The number of hydrogen-bond acceptors (Lipinski definition) is 3. The minimum atomic E-state index is -0.654. The first kappa shape index (κ1) is 20.5. The average molecular weight is 368 g/mol. The van der Waals surface area contributed by atoms with Crippen molar-refractivity contribution < 1.29 is 14.3 Å². The molecule has 2 amide bonds. The third-order valence-electron chi connectivity index (χ3n) is 4.09. The fraction of sp³-hybridized carbons (Fsp3) is 0.364. The molecule has 5 nitrogen and oxygen atoms in total. The largest absolute Gasteiger partial charge is 0.481 e. The van der Waals surface area contributed by atoms with Crippen LogP contribution < -0.4 is 15.4 Å². The Morgan fingerprint density at radius 1 is 0.963 bits per heavy atom. The van der Waals surface area contributed by atoms with Crippen LogP contribution >= 0.6 is 0 Å². The molecule has 2 aromatic carbocycles. The van der Waals surface area contributed by atoms with Gasteiger partial charge in [-0.1, -0.05) is 39.0 Å².